The normalized spacial score (nSPS) is 10.7. The minimum Gasteiger partial charge on any atom is -0.340 e. The number of benzene rings is 2. The molecule has 0 saturated carbocycles. The lowest BCUT2D eigenvalue weighted by Gasteiger charge is -2.15. The van der Waals surface area contributed by atoms with Crippen molar-refractivity contribution >= 4 is 23.0 Å². The predicted octanol–water partition coefficient (Wildman–Crippen LogP) is 5.58. The van der Waals surface area contributed by atoms with Crippen LogP contribution in [0.3, 0.4) is 0 Å². The molecule has 6 heteroatoms. The Bertz CT molecular complexity index is 1180. The van der Waals surface area contributed by atoms with Gasteiger partial charge in [0.05, 0.1) is 0 Å². The van der Waals surface area contributed by atoms with Crippen LogP contribution in [0.2, 0.25) is 0 Å². The quantitative estimate of drug-likeness (QED) is 0.432. The van der Waals surface area contributed by atoms with Crippen LogP contribution < -0.4 is 10.6 Å². The predicted molar refractivity (Wildman–Crippen MR) is 125 cm³/mol. The standard InChI is InChI=1S/C25H26N6/c1-16-5-7-20(8-6-16)14-23-18(3)28-19(4)29-25(23)31-22-11-9-21(10-12-22)30-24-13-17(2)26-15-27-24/h5-13,15H,14H2,1-4H3,(H,26,27,30)(H,28,29,31). The first kappa shape index (κ1) is 20.5. The van der Waals surface area contributed by atoms with Crippen molar-refractivity contribution < 1.29 is 0 Å². The van der Waals surface area contributed by atoms with Crippen molar-refractivity contribution in [3.63, 3.8) is 0 Å². The van der Waals surface area contributed by atoms with Crippen LogP contribution in [0, 0.1) is 27.7 Å². The van der Waals surface area contributed by atoms with E-state index in [9.17, 15) is 0 Å². The molecule has 2 heterocycles. The third-order valence-corrected chi connectivity index (χ3v) is 5.05. The van der Waals surface area contributed by atoms with Gasteiger partial charge in [0.2, 0.25) is 0 Å². The summed E-state index contributed by atoms with van der Waals surface area (Å²) in [4.78, 5) is 17.6. The molecule has 0 fully saturated rings. The highest BCUT2D eigenvalue weighted by atomic mass is 15.0. The fourth-order valence-corrected chi connectivity index (χ4v) is 3.41. The third-order valence-electron chi connectivity index (χ3n) is 5.05. The van der Waals surface area contributed by atoms with Crippen LogP contribution in [0.1, 0.15) is 33.9 Å². The summed E-state index contributed by atoms with van der Waals surface area (Å²) in [6.07, 6.45) is 2.34. The van der Waals surface area contributed by atoms with Gasteiger partial charge in [0.25, 0.3) is 0 Å². The zero-order valence-corrected chi connectivity index (χ0v) is 18.3. The Morgan fingerprint density at radius 3 is 2.10 bits per heavy atom. The monoisotopic (exact) mass is 410 g/mol. The molecule has 31 heavy (non-hydrogen) atoms. The fraction of sp³-hybridized carbons (Fsp3) is 0.200. The van der Waals surface area contributed by atoms with Crippen LogP contribution in [-0.4, -0.2) is 19.9 Å². The summed E-state index contributed by atoms with van der Waals surface area (Å²) in [6.45, 7) is 8.01. The van der Waals surface area contributed by atoms with Gasteiger partial charge in [-0.2, -0.15) is 0 Å². The zero-order chi connectivity index (χ0) is 21.8. The van der Waals surface area contributed by atoms with Gasteiger partial charge in [-0.05, 0) is 57.5 Å². The number of hydrogen-bond acceptors (Lipinski definition) is 6. The molecule has 156 valence electrons. The van der Waals surface area contributed by atoms with Crippen molar-refractivity contribution in [3.05, 3.63) is 94.8 Å². The molecule has 4 aromatic rings. The number of aryl methyl sites for hydroxylation is 4. The SMILES string of the molecule is Cc1ccc(Cc2c(C)nc(C)nc2Nc2ccc(Nc3cc(C)ncn3)cc2)cc1. The minimum absolute atomic E-state index is 0.755. The molecule has 0 saturated heterocycles. The molecule has 0 aliphatic heterocycles. The minimum atomic E-state index is 0.755. The second-order valence-electron chi connectivity index (χ2n) is 7.72. The van der Waals surface area contributed by atoms with Crippen molar-refractivity contribution in [2.75, 3.05) is 10.6 Å². The lowest BCUT2D eigenvalue weighted by molar-refractivity contribution is 0.965. The van der Waals surface area contributed by atoms with E-state index in [2.05, 4.69) is 61.8 Å². The fourth-order valence-electron chi connectivity index (χ4n) is 3.41. The van der Waals surface area contributed by atoms with Gasteiger partial charge in [-0.15, -0.1) is 0 Å². The molecule has 2 N–H and O–H groups in total. The maximum Gasteiger partial charge on any atom is 0.137 e. The van der Waals surface area contributed by atoms with Gasteiger partial charge in [0.1, 0.15) is 23.8 Å². The van der Waals surface area contributed by atoms with Crippen molar-refractivity contribution in [2.45, 2.75) is 34.1 Å². The van der Waals surface area contributed by atoms with E-state index >= 15 is 0 Å². The van der Waals surface area contributed by atoms with Crippen molar-refractivity contribution in [2.24, 2.45) is 0 Å². The molecule has 0 radical (unpaired) electrons. The Hall–Kier alpha value is -3.80. The van der Waals surface area contributed by atoms with E-state index in [1.807, 2.05) is 51.1 Å². The smallest absolute Gasteiger partial charge is 0.137 e. The van der Waals surface area contributed by atoms with E-state index in [4.69, 9.17) is 0 Å². The summed E-state index contributed by atoms with van der Waals surface area (Å²) in [5.41, 5.74) is 7.44. The number of nitrogens with zero attached hydrogens (tertiary/aromatic N) is 4. The van der Waals surface area contributed by atoms with E-state index < -0.39 is 0 Å². The highest BCUT2D eigenvalue weighted by Gasteiger charge is 2.12. The first-order valence-corrected chi connectivity index (χ1v) is 10.3. The van der Waals surface area contributed by atoms with Crippen LogP contribution in [0.4, 0.5) is 23.0 Å². The Morgan fingerprint density at radius 1 is 0.742 bits per heavy atom. The second-order valence-corrected chi connectivity index (χ2v) is 7.72. The Morgan fingerprint density at radius 2 is 1.42 bits per heavy atom. The summed E-state index contributed by atoms with van der Waals surface area (Å²) in [7, 11) is 0. The van der Waals surface area contributed by atoms with E-state index in [-0.39, 0.29) is 0 Å². The summed E-state index contributed by atoms with van der Waals surface area (Å²) >= 11 is 0. The molecule has 0 bridgehead atoms. The summed E-state index contributed by atoms with van der Waals surface area (Å²) in [5, 5.41) is 6.78. The molecule has 2 aromatic heterocycles. The second kappa shape index (κ2) is 8.92. The van der Waals surface area contributed by atoms with Crippen LogP contribution in [0.15, 0.2) is 60.9 Å². The lowest BCUT2D eigenvalue weighted by Crippen LogP contribution is -2.06. The number of rotatable bonds is 6. The Balaban J connectivity index is 1.55. The van der Waals surface area contributed by atoms with E-state index in [1.54, 1.807) is 6.33 Å². The lowest BCUT2D eigenvalue weighted by atomic mass is 10.0. The van der Waals surface area contributed by atoms with Crippen LogP contribution >= 0.6 is 0 Å². The molecule has 2 aromatic carbocycles. The highest BCUT2D eigenvalue weighted by molar-refractivity contribution is 5.65. The number of anilines is 4. The third kappa shape index (κ3) is 5.22. The highest BCUT2D eigenvalue weighted by Crippen LogP contribution is 2.25. The van der Waals surface area contributed by atoms with Gasteiger partial charge in [-0.1, -0.05) is 29.8 Å². The van der Waals surface area contributed by atoms with Gasteiger partial charge < -0.3 is 10.6 Å². The molecule has 0 aliphatic carbocycles. The van der Waals surface area contributed by atoms with Crippen LogP contribution in [0.25, 0.3) is 0 Å². The molecule has 0 aliphatic rings. The van der Waals surface area contributed by atoms with Gasteiger partial charge >= 0.3 is 0 Å². The largest absolute Gasteiger partial charge is 0.340 e. The molecular formula is C25H26N6. The molecule has 0 atom stereocenters. The molecular weight excluding hydrogens is 384 g/mol. The summed E-state index contributed by atoms with van der Waals surface area (Å²) in [6, 6.07) is 18.6. The van der Waals surface area contributed by atoms with E-state index in [0.29, 0.717) is 0 Å². The maximum absolute atomic E-state index is 4.69. The van der Waals surface area contributed by atoms with Crippen LogP contribution in [0.5, 0.6) is 0 Å². The van der Waals surface area contributed by atoms with Gasteiger partial charge in [0.15, 0.2) is 0 Å². The first-order chi connectivity index (χ1) is 15.0. The van der Waals surface area contributed by atoms with E-state index in [0.717, 1.165) is 52.2 Å². The maximum atomic E-state index is 4.69. The van der Waals surface area contributed by atoms with Crippen molar-refractivity contribution in [1.29, 1.82) is 0 Å². The van der Waals surface area contributed by atoms with Gasteiger partial charge in [-0.3, -0.25) is 0 Å². The Kier molecular flexibility index (Phi) is 5.89. The Labute approximate surface area is 182 Å². The van der Waals surface area contributed by atoms with Crippen molar-refractivity contribution in [3.8, 4) is 0 Å². The topological polar surface area (TPSA) is 75.6 Å². The average molecular weight is 411 g/mol. The number of hydrogen-bond donors (Lipinski definition) is 2. The van der Waals surface area contributed by atoms with E-state index in [1.165, 1.54) is 11.1 Å². The van der Waals surface area contributed by atoms with Gasteiger partial charge in [-0.25, -0.2) is 19.9 Å². The van der Waals surface area contributed by atoms with Crippen molar-refractivity contribution in [1.82, 2.24) is 19.9 Å². The molecule has 4 rings (SSSR count). The average Bonchev–Trinajstić information content (AvgIpc) is 2.73. The number of nitrogens with one attached hydrogen (secondary N) is 2. The number of aromatic nitrogens is 4. The summed E-state index contributed by atoms with van der Waals surface area (Å²) in [5.74, 6) is 2.37. The molecule has 6 nitrogen and oxygen atoms in total. The van der Waals surface area contributed by atoms with Gasteiger partial charge in [0, 0.05) is 40.8 Å². The zero-order valence-electron chi connectivity index (χ0n) is 18.3. The summed E-state index contributed by atoms with van der Waals surface area (Å²) < 4.78 is 0. The first-order valence-electron chi connectivity index (χ1n) is 10.3. The molecule has 0 unspecified atom stereocenters. The molecule has 0 amide bonds. The van der Waals surface area contributed by atoms with Crippen LogP contribution in [-0.2, 0) is 6.42 Å². The molecule has 0 spiro atoms.